The van der Waals surface area contributed by atoms with Crippen molar-refractivity contribution in [1.82, 2.24) is 0 Å². The highest BCUT2D eigenvalue weighted by Gasteiger charge is 2.15. The Kier molecular flexibility index (Phi) is 7.19. The first-order chi connectivity index (χ1) is 14.5. The van der Waals surface area contributed by atoms with Crippen LogP contribution in [0.4, 0.5) is 0 Å². The Balaban J connectivity index is 1.60. The van der Waals surface area contributed by atoms with Gasteiger partial charge in [0.1, 0.15) is 0 Å². The predicted octanol–water partition coefficient (Wildman–Crippen LogP) is 3.96. The molecule has 0 radical (unpaired) electrons. The monoisotopic (exact) mass is 432 g/mol. The van der Waals surface area contributed by atoms with Crippen LogP contribution in [0.5, 0.6) is 23.0 Å². The van der Waals surface area contributed by atoms with Crippen molar-refractivity contribution in [3.63, 3.8) is 0 Å². The minimum atomic E-state index is -0.663. The number of halogens is 1. The van der Waals surface area contributed by atoms with Crippen LogP contribution in [0.25, 0.3) is 6.08 Å². The van der Waals surface area contributed by atoms with E-state index < -0.39 is 12.6 Å². The van der Waals surface area contributed by atoms with E-state index in [1.165, 1.54) is 26.4 Å². The summed E-state index contributed by atoms with van der Waals surface area (Å²) in [5.41, 5.74) is 0.992. The fraction of sp³-hybridized carbons (Fsp3) is 0.273. The van der Waals surface area contributed by atoms with Gasteiger partial charge < -0.3 is 23.7 Å². The number of carbonyl (C=O) groups is 2. The molecule has 0 atom stereocenters. The zero-order chi connectivity index (χ0) is 21.5. The molecule has 0 aliphatic carbocycles. The van der Waals surface area contributed by atoms with E-state index in [1.807, 2.05) is 0 Å². The summed E-state index contributed by atoms with van der Waals surface area (Å²) >= 11 is 6.14. The van der Waals surface area contributed by atoms with Crippen LogP contribution in [0.2, 0.25) is 5.02 Å². The Labute approximate surface area is 179 Å². The molecular weight excluding hydrogens is 412 g/mol. The maximum atomic E-state index is 12.3. The highest BCUT2D eigenvalue weighted by Crippen LogP contribution is 2.36. The van der Waals surface area contributed by atoms with Crippen molar-refractivity contribution in [1.29, 1.82) is 0 Å². The van der Waals surface area contributed by atoms with Crippen molar-refractivity contribution in [2.24, 2.45) is 0 Å². The molecule has 0 fully saturated rings. The second-order valence-corrected chi connectivity index (χ2v) is 6.72. The Bertz CT molecular complexity index is 968. The summed E-state index contributed by atoms with van der Waals surface area (Å²) in [5, 5.41) is 0.342. The number of Topliss-reactive ketones (excluding diaryl/α,β-unsaturated/α-hetero) is 1. The second-order valence-electron chi connectivity index (χ2n) is 6.31. The zero-order valence-corrected chi connectivity index (χ0v) is 17.4. The van der Waals surface area contributed by atoms with E-state index in [1.54, 1.807) is 30.3 Å². The molecule has 30 heavy (non-hydrogen) atoms. The molecule has 1 heterocycles. The van der Waals surface area contributed by atoms with Crippen molar-refractivity contribution in [3.8, 4) is 23.0 Å². The van der Waals surface area contributed by atoms with Crippen molar-refractivity contribution in [2.75, 3.05) is 34.0 Å². The quantitative estimate of drug-likeness (QED) is 0.372. The van der Waals surface area contributed by atoms with Gasteiger partial charge in [-0.3, -0.25) is 4.79 Å². The molecule has 0 amide bonds. The normalized spacial score (nSPS) is 12.9. The first-order valence-corrected chi connectivity index (χ1v) is 9.59. The molecule has 0 unspecified atom stereocenters. The number of esters is 1. The third kappa shape index (κ3) is 5.24. The summed E-state index contributed by atoms with van der Waals surface area (Å²) in [6.07, 6.45) is 3.49. The predicted molar refractivity (Wildman–Crippen MR) is 111 cm³/mol. The van der Waals surface area contributed by atoms with Crippen molar-refractivity contribution in [3.05, 3.63) is 52.6 Å². The summed E-state index contributed by atoms with van der Waals surface area (Å²) in [7, 11) is 2.97. The maximum absolute atomic E-state index is 12.3. The van der Waals surface area contributed by atoms with E-state index in [-0.39, 0.29) is 5.78 Å². The SMILES string of the molecule is COc1cc(/C=C/C(=O)OCC(=O)c2ccc3c(c2)OCCCO3)cc(Cl)c1OC. The van der Waals surface area contributed by atoms with E-state index in [9.17, 15) is 9.59 Å². The average Bonchev–Trinajstić information content (AvgIpc) is 3.00. The molecule has 0 spiro atoms. The van der Waals surface area contributed by atoms with E-state index in [2.05, 4.69) is 0 Å². The number of ether oxygens (including phenoxy) is 5. The largest absolute Gasteiger partial charge is 0.493 e. The number of fused-ring (bicyclic) bond motifs is 1. The molecule has 1 aliphatic rings. The van der Waals surface area contributed by atoms with E-state index >= 15 is 0 Å². The van der Waals surface area contributed by atoms with Crippen LogP contribution in [0.15, 0.2) is 36.4 Å². The van der Waals surface area contributed by atoms with Gasteiger partial charge in [-0.1, -0.05) is 11.6 Å². The van der Waals surface area contributed by atoms with Crippen LogP contribution in [0.1, 0.15) is 22.3 Å². The lowest BCUT2D eigenvalue weighted by molar-refractivity contribution is -0.136. The van der Waals surface area contributed by atoms with Gasteiger partial charge in [-0.05, 0) is 42.0 Å². The molecule has 3 rings (SSSR count). The molecule has 0 aromatic heterocycles. The van der Waals surface area contributed by atoms with Crippen LogP contribution in [-0.2, 0) is 9.53 Å². The minimum absolute atomic E-state index is 0.342. The van der Waals surface area contributed by atoms with Gasteiger partial charge >= 0.3 is 5.97 Å². The van der Waals surface area contributed by atoms with Gasteiger partial charge in [0.15, 0.2) is 35.4 Å². The third-order valence-electron chi connectivity index (χ3n) is 4.28. The van der Waals surface area contributed by atoms with Gasteiger partial charge in [0.2, 0.25) is 0 Å². The van der Waals surface area contributed by atoms with Crippen molar-refractivity contribution in [2.45, 2.75) is 6.42 Å². The van der Waals surface area contributed by atoms with Gasteiger partial charge in [0.25, 0.3) is 0 Å². The maximum Gasteiger partial charge on any atom is 0.331 e. The molecule has 1 aliphatic heterocycles. The van der Waals surface area contributed by atoms with Gasteiger partial charge in [0.05, 0.1) is 32.5 Å². The Morgan fingerprint density at radius 3 is 2.57 bits per heavy atom. The number of methoxy groups -OCH3 is 2. The van der Waals surface area contributed by atoms with Gasteiger partial charge in [-0.15, -0.1) is 0 Å². The number of ketones is 1. The number of hydrogen-bond acceptors (Lipinski definition) is 7. The smallest absolute Gasteiger partial charge is 0.331 e. The lowest BCUT2D eigenvalue weighted by atomic mass is 10.1. The summed E-state index contributed by atoms with van der Waals surface area (Å²) < 4.78 is 26.5. The highest BCUT2D eigenvalue weighted by molar-refractivity contribution is 6.32. The zero-order valence-electron chi connectivity index (χ0n) is 16.6. The van der Waals surface area contributed by atoms with Gasteiger partial charge in [0, 0.05) is 18.1 Å². The molecule has 2 aromatic rings. The molecule has 2 aromatic carbocycles. The first-order valence-electron chi connectivity index (χ1n) is 9.21. The number of hydrogen-bond donors (Lipinski definition) is 0. The topological polar surface area (TPSA) is 80.3 Å². The van der Waals surface area contributed by atoms with Crippen LogP contribution >= 0.6 is 11.6 Å². The highest BCUT2D eigenvalue weighted by atomic mass is 35.5. The Morgan fingerprint density at radius 1 is 1.07 bits per heavy atom. The van der Waals surface area contributed by atoms with Crippen LogP contribution < -0.4 is 18.9 Å². The lowest BCUT2D eigenvalue weighted by Crippen LogP contribution is -2.12. The molecule has 0 bridgehead atoms. The van der Waals surface area contributed by atoms with Crippen LogP contribution in [0, 0.1) is 0 Å². The van der Waals surface area contributed by atoms with Gasteiger partial charge in [-0.2, -0.15) is 0 Å². The molecule has 158 valence electrons. The number of carbonyl (C=O) groups excluding carboxylic acids is 2. The number of benzene rings is 2. The molecule has 7 nitrogen and oxygen atoms in total. The number of rotatable bonds is 7. The van der Waals surface area contributed by atoms with Gasteiger partial charge in [-0.25, -0.2) is 4.79 Å². The first kappa shape index (κ1) is 21.5. The summed E-state index contributed by atoms with van der Waals surface area (Å²) in [4.78, 5) is 24.3. The molecule has 8 heteroatoms. The minimum Gasteiger partial charge on any atom is -0.493 e. The van der Waals surface area contributed by atoms with Crippen molar-refractivity contribution >= 4 is 29.4 Å². The fourth-order valence-electron chi connectivity index (χ4n) is 2.80. The molecule has 0 saturated carbocycles. The summed E-state index contributed by atoms with van der Waals surface area (Å²) in [5.74, 6) is 0.930. The van der Waals surface area contributed by atoms with E-state index in [0.29, 0.717) is 52.4 Å². The van der Waals surface area contributed by atoms with E-state index in [4.69, 9.17) is 35.3 Å². The Morgan fingerprint density at radius 2 is 1.83 bits per heavy atom. The van der Waals surface area contributed by atoms with E-state index in [0.717, 1.165) is 6.42 Å². The lowest BCUT2D eigenvalue weighted by Gasteiger charge is -2.10. The second kappa shape index (κ2) is 10.0. The third-order valence-corrected chi connectivity index (χ3v) is 4.56. The summed E-state index contributed by atoms with van der Waals surface area (Å²) in [6.45, 7) is 0.690. The van der Waals surface area contributed by atoms with Crippen LogP contribution in [-0.4, -0.2) is 45.8 Å². The fourth-order valence-corrected chi connectivity index (χ4v) is 3.10. The van der Waals surface area contributed by atoms with Crippen LogP contribution in [0.3, 0.4) is 0 Å². The molecule has 0 N–H and O–H groups in total. The van der Waals surface area contributed by atoms with Crippen molar-refractivity contribution < 1.29 is 33.3 Å². The average molecular weight is 433 g/mol. The molecular formula is C22H21ClO7. The Hall–Kier alpha value is -3.19. The summed E-state index contributed by atoms with van der Waals surface area (Å²) in [6, 6.07) is 8.17. The molecule has 0 saturated heterocycles. The standard InChI is InChI=1S/C22H21ClO7/c1-26-20-11-14(10-16(23)22(20)27-2)4-7-21(25)30-13-17(24)15-5-6-18-19(12-15)29-9-3-8-28-18/h4-7,10-12H,3,8-9,13H2,1-2H3/b7-4+.